The van der Waals surface area contributed by atoms with Gasteiger partial charge in [-0.2, -0.15) is 0 Å². The van der Waals surface area contributed by atoms with Crippen molar-refractivity contribution in [1.82, 2.24) is 10.2 Å². The van der Waals surface area contributed by atoms with Gasteiger partial charge in [-0.15, -0.1) is 0 Å². The molecule has 5 heteroatoms. The van der Waals surface area contributed by atoms with Crippen LogP contribution in [0.15, 0.2) is 0 Å². The Morgan fingerprint density at radius 2 is 2.05 bits per heavy atom. The minimum Gasteiger partial charge on any atom is -0.377 e. The maximum atomic E-state index is 13.0. The molecule has 5 nitrogen and oxygen atoms in total. The molecule has 0 bridgehead atoms. The van der Waals surface area contributed by atoms with Gasteiger partial charge >= 0.3 is 0 Å². The minimum atomic E-state index is -0.773. The van der Waals surface area contributed by atoms with E-state index in [1.165, 1.54) is 12.8 Å². The molecule has 4 aliphatic rings. The van der Waals surface area contributed by atoms with Gasteiger partial charge in [0.15, 0.2) is 0 Å². The average molecular weight is 307 g/mol. The lowest BCUT2D eigenvalue weighted by molar-refractivity contribution is -0.225. The molecule has 22 heavy (non-hydrogen) atoms. The highest BCUT2D eigenvalue weighted by Gasteiger charge is 2.70. The number of nitrogens with zero attached hydrogens (tertiary/aromatic N) is 1. The summed E-state index contributed by atoms with van der Waals surface area (Å²) in [6.45, 7) is 7.10. The van der Waals surface area contributed by atoms with Crippen LogP contribution in [-0.4, -0.2) is 54.2 Å². The number of rotatable bonds is 3. The SMILES string of the molecule is CC1(C)C2OCCCC2C1(N)C(=O)NC1CCN(C2CC2)C1. The zero-order valence-electron chi connectivity index (χ0n) is 13.8. The number of hydrogen-bond donors (Lipinski definition) is 2. The number of nitrogens with two attached hydrogens (primary N) is 1. The summed E-state index contributed by atoms with van der Waals surface area (Å²) in [6.07, 6.45) is 5.89. The Labute approximate surface area is 132 Å². The Morgan fingerprint density at radius 3 is 2.77 bits per heavy atom. The normalized spacial score (nSPS) is 44.2. The van der Waals surface area contributed by atoms with Crippen LogP contribution in [-0.2, 0) is 9.53 Å². The molecule has 1 amide bonds. The largest absolute Gasteiger partial charge is 0.377 e. The summed E-state index contributed by atoms with van der Waals surface area (Å²) in [4.78, 5) is 15.5. The van der Waals surface area contributed by atoms with E-state index in [0.717, 1.165) is 45.0 Å². The van der Waals surface area contributed by atoms with Crippen molar-refractivity contribution in [3.05, 3.63) is 0 Å². The Hall–Kier alpha value is -0.650. The van der Waals surface area contributed by atoms with Gasteiger partial charge in [0.05, 0.1) is 6.10 Å². The lowest BCUT2D eigenvalue weighted by Crippen LogP contribution is -2.82. The number of ether oxygens (including phenoxy) is 1. The topological polar surface area (TPSA) is 67.6 Å². The van der Waals surface area contributed by atoms with Gasteiger partial charge in [0.1, 0.15) is 5.54 Å². The summed E-state index contributed by atoms with van der Waals surface area (Å²) in [6, 6.07) is 1.05. The second kappa shape index (κ2) is 4.92. The molecule has 4 unspecified atom stereocenters. The number of nitrogens with one attached hydrogen (secondary N) is 1. The van der Waals surface area contributed by atoms with Crippen molar-refractivity contribution in [2.75, 3.05) is 19.7 Å². The Morgan fingerprint density at radius 1 is 1.27 bits per heavy atom. The zero-order chi connectivity index (χ0) is 15.5. The number of amides is 1. The molecule has 4 rings (SSSR count). The zero-order valence-corrected chi connectivity index (χ0v) is 13.8. The summed E-state index contributed by atoms with van der Waals surface area (Å²) in [7, 11) is 0. The molecule has 0 aromatic heterocycles. The van der Waals surface area contributed by atoms with Crippen molar-refractivity contribution in [3.8, 4) is 0 Å². The van der Waals surface area contributed by atoms with Crippen molar-refractivity contribution < 1.29 is 9.53 Å². The van der Waals surface area contributed by atoms with Crippen molar-refractivity contribution in [2.45, 2.75) is 69.7 Å². The third kappa shape index (κ3) is 1.98. The Balaban J connectivity index is 1.43. The maximum Gasteiger partial charge on any atom is 0.241 e. The molecule has 2 heterocycles. The molecule has 2 saturated carbocycles. The van der Waals surface area contributed by atoms with Crippen LogP contribution in [0.4, 0.5) is 0 Å². The minimum absolute atomic E-state index is 0.0481. The quantitative estimate of drug-likeness (QED) is 0.812. The molecular formula is C17H29N3O2. The van der Waals surface area contributed by atoms with Crippen LogP contribution in [0.25, 0.3) is 0 Å². The third-order valence-corrected chi connectivity index (χ3v) is 6.68. The van der Waals surface area contributed by atoms with Gasteiger partial charge in [0.2, 0.25) is 5.91 Å². The van der Waals surface area contributed by atoms with Gasteiger partial charge in [0, 0.05) is 43.1 Å². The van der Waals surface area contributed by atoms with Gasteiger partial charge in [-0.25, -0.2) is 0 Å². The molecule has 2 aliphatic heterocycles. The van der Waals surface area contributed by atoms with Gasteiger partial charge in [-0.05, 0) is 32.1 Å². The second-order valence-electron chi connectivity index (χ2n) is 8.32. The van der Waals surface area contributed by atoms with E-state index in [1.807, 2.05) is 0 Å². The summed E-state index contributed by atoms with van der Waals surface area (Å²) >= 11 is 0. The van der Waals surface area contributed by atoms with Crippen molar-refractivity contribution in [3.63, 3.8) is 0 Å². The van der Waals surface area contributed by atoms with Crippen LogP contribution >= 0.6 is 0 Å². The van der Waals surface area contributed by atoms with Crippen LogP contribution in [0.1, 0.15) is 46.0 Å². The van der Waals surface area contributed by atoms with Crippen LogP contribution < -0.4 is 11.1 Å². The highest BCUT2D eigenvalue weighted by molar-refractivity contribution is 5.89. The maximum absolute atomic E-state index is 13.0. The summed E-state index contributed by atoms with van der Waals surface area (Å²) in [5, 5.41) is 3.26. The van der Waals surface area contributed by atoms with Crippen molar-refractivity contribution >= 4 is 5.91 Å². The molecular weight excluding hydrogens is 278 g/mol. The number of fused-ring (bicyclic) bond motifs is 1. The number of carbonyl (C=O) groups excluding carboxylic acids is 1. The molecule has 0 radical (unpaired) electrons. The van der Waals surface area contributed by atoms with E-state index >= 15 is 0 Å². The average Bonchev–Trinajstić information content (AvgIpc) is 3.26. The first kappa shape index (κ1) is 14.9. The monoisotopic (exact) mass is 307 g/mol. The van der Waals surface area contributed by atoms with Gasteiger partial charge < -0.3 is 15.8 Å². The van der Waals surface area contributed by atoms with Crippen LogP contribution in [0, 0.1) is 11.3 Å². The number of likely N-dealkylation sites (tertiary alicyclic amines) is 1. The number of carbonyl (C=O) groups is 1. The van der Waals surface area contributed by atoms with E-state index in [1.54, 1.807) is 0 Å². The molecule has 2 aliphatic carbocycles. The predicted octanol–water partition coefficient (Wildman–Crippen LogP) is 0.872. The molecule has 0 spiro atoms. The standard InChI is InChI=1S/C17H29N3O2/c1-16(2)14-13(4-3-9-22-14)17(16,18)15(21)19-11-7-8-20(10-11)12-5-6-12/h11-14H,3-10,18H2,1-2H3,(H,19,21). The first-order valence-corrected chi connectivity index (χ1v) is 8.90. The van der Waals surface area contributed by atoms with E-state index in [2.05, 4.69) is 24.1 Å². The van der Waals surface area contributed by atoms with Gasteiger partial charge in [-0.3, -0.25) is 9.69 Å². The molecule has 3 N–H and O–H groups in total. The van der Waals surface area contributed by atoms with Gasteiger partial charge in [-0.1, -0.05) is 13.8 Å². The lowest BCUT2D eigenvalue weighted by Gasteiger charge is -2.65. The first-order chi connectivity index (χ1) is 10.4. The first-order valence-electron chi connectivity index (χ1n) is 8.90. The molecule has 2 saturated heterocycles. The third-order valence-electron chi connectivity index (χ3n) is 6.68. The van der Waals surface area contributed by atoms with Crippen LogP contribution in [0.3, 0.4) is 0 Å². The Bertz CT molecular complexity index is 477. The fraction of sp³-hybridized carbons (Fsp3) is 0.941. The second-order valence-corrected chi connectivity index (χ2v) is 8.32. The van der Waals surface area contributed by atoms with E-state index in [0.29, 0.717) is 0 Å². The van der Waals surface area contributed by atoms with Gasteiger partial charge in [0.25, 0.3) is 0 Å². The molecule has 4 fully saturated rings. The Kier molecular flexibility index (Phi) is 3.34. The van der Waals surface area contributed by atoms with E-state index in [4.69, 9.17) is 10.5 Å². The molecule has 0 aromatic rings. The summed E-state index contributed by atoms with van der Waals surface area (Å²) in [5.41, 5.74) is 5.60. The van der Waals surface area contributed by atoms with E-state index in [-0.39, 0.29) is 29.4 Å². The number of hydrogen-bond acceptors (Lipinski definition) is 4. The fourth-order valence-corrected chi connectivity index (χ4v) is 5.02. The van der Waals surface area contributed by atoms with Crippen LogP contribution in [0.5, 0.6) is 0 Å². The summed E-state index contributed by atoms with van der Waals surface area (Å²) in [5.74, 6) is 0.226. The van der Waals surface area contributed by atoms with Crippen molar-refractivity contribution in [1.29, 1.82) is 0 Å². The lowest BCUT2D eigenvalue weighted by atomic mass is 9.46. The fourth-order valence-electron chi connectivity index (χ4n) is 5.02. The smallest absolute Gasteiger partial charge is 0.241 e. The molecule has 0 aromatic carbocycles. The van der Waals surface area contributed by atoms with Crippen molar-refractivity contribution in [2.24, 2.45) is 17.1 Å². The van der Waals surface area contributed by atoms with E-state index < -0.39 is 5.54 Å². The highest BCUT2D eigenvalue weighted by atomic mass is 16.5. The highest BCUT2D eigenvalue weighted by Crippen LogP contribution is 2.57. The summed E-state index contributed by atoms with van der Waals surface area (Å²) < 4.78 is 5.90. The molecule has 124 valence electrons. The predicted molar refractivity (Wildman–Crippen MR) is 84.3 cm³/mol. The molecule has 4 atom stereocenters. The van der Waals surface area contributed by atoms with E-state index in [9.17, 15) is 4.79 Å². The van der Waals surface area contributed by atoms with Crippen LogP contribution in [0.2, 0.25) is 0 Å².